The lowest BCUT2D eigenvalue weighted by Gasteiger charge is -2.03. The van der Waals surface area contributed by atoms with Crippen LogP contribution < -0.4 is 4.74 Å². The molecule has 0 fully saturated rings. The Balaban J connectivity index is 2.33. The Morgan fingerprint density at radius 1 is 1.39 bits per heavy atom. The maximum absolute atomic E-state index is 9.79. The summed E-state index contributed by atoms with van der Waals surface area (Å²) in [6, 6.07) is 4.88. The van der Waals surface area contributed by atoms with E-state index < -0.39 is 0 Å². The third-order valence-electron chi connectivity index (χ3n) is 2.49. The number of phenolic OH excluding ortho intramolecular Hbond substituents is 1. The van der Waals surface area contributed by atoms with Gasteiger partial charge in [-0.3, -0.25) is 0 Å². The van der Waals surface area contributed by atoms with E-state index in [0.29, 0.717) is 28.9 Å². The fourth-order valence-electron chi connectivity index (χ4n) is 1.62. The highest BCUT2D eigenvalue weighted by atomic mass is 16.5. The SMILES string of the molecule is COc1ccc(O)c(-c2nc(CC(C)C)no2)c1. The summed E-state index contributed by atoms with van der Waals surface area (Å²) >= 11 is 0. The quantitative estimate of drug-likeness (QED) is 0.900. The predicted molar refractivity (Wildman–Crippen MR) is 66.5 cm³/mol. The molecule has 5 heteroatoms. The number of methoxy groups -OCH3 is 1. The van der Waals surface area contributed by atoms with Gasteiger partial charge in [-0.25, -0.2) is 0 Å². The van der Waals surface area contributed by atoms with Gasteiger partial charge in [-0.15, -0.1) is 0 Å². The molecule has 0 unspecified atom stereocenters. The standard InChI is InChI=1S/C13H16N2O3/c1-8(2)6-12-14-13(18-15-12)10-7-9(17-3)4-5-11(10)16/h4-5,7-8,16H,6H2,1-3H3. The van der Waals surface area contributed by atoms with Crippen molar-refractivity contribution >= 4 is 0 Å². The Kier molecular flexibility index (Phi) is 3.50. The summed E-state index contributed by atoms with van der Waals surface area (Å²) in [5, 5.41) is 13.7. The zero-order valence-electron chi connectivity index (χ0n) is 10.7. The second-order valence-electron chi connectivity index (χ2n) is 4.50. The Labute approximate surface area is 105 Å². The van der Waals surface area contributed by atoms with Crippen LogP contribution in [0.3, 0.4) is 0 Å². The van der Waals surface area contributed by atoms with Crippen LogP contribution in [0.2, 0.25) is 0 Å². The summed E-state index contributed by atoms with van der Waals surface area (Å²) in [6.45, 7) is 4.16. The van der Waals surface area contributed by atoms with Gasteiger partial charge in [-0.1, -0.05) is 19.0 Å². The third-order valence-corrected chi connectivity index (χ3v) is 2.49. The molecule has 0 spiro atoms. The fourth-order valence-corrected chi connectivity index (χ4v) is 1.62. The molecule has 0 atom stereocenters. The molecule has 1 N–H and O–H groups in total. The number of rotatable bonds is 4. The molecular formula is C13H16N2O3. The van der Waals surface area contributed by atoms with E-state index in [4.69, 9.17) is 9.26 Å². The minimum absolute atomic E-state index is 0.0931. The van der Waals surface area contributed by atoms with Crippen molar-refractivity contribution in [2.75, 3.05) is 7.11 Å². The lowest BCUT2D eigenvalue weighted by atomic mass is 10.1. The maximum atomic E-state index is 9.79. The summed E-state index contributed by atoms with van der Waals surface area (Å²) < 4.78 is 10.3. The van der Waals surface area contributed by atoms with Crippen molar-refractivity contribution in [3.63, 3.8) is 0 Å². The molecule has 5 nitrogen and oxygen atoms in total. The van der Waals surface area contributed by atoms with Crippen LogP contribution in [-0.2, 0) is 6.42 Å². The first kappa shape index (κ1) is 12.4. The number of ether oxygens (including phenoxy) is 1. The molecule has 0 radical (unpaired) electrons. The number of nitrogens with zero attached hydrogens (tertiary/aromatic N) is 2. The highest BCUT2D eigenvalue weighted by Gasteiger charge is 2.14. The lowest BCUT2D eigenvalue weighted by Crippen LogP contribution is -1.95. The summed E-state index contributed by atoms with van der Waals surface area (Å²) in [5.41, 5.74) is 0.483. The topological polar surface area (TPSA) is 68.4 Å². The average Bonchev–Trinajstić information content (AvgIpc) is 2.77. The van der Waals surface area contributed by atoms with Crippen LogP contribution in [0.15, 0.2) is 22.7 Å². The summed E-state index contributed by atoms with van der Waals surface area (Å²) in [5.74, 6) is 2.13. The molecule has 2 rings (SSSR count). The molecule has 0 bridgehead atoms. The second-order valence-corrected chi connectivity index (χ2v) is 4.50. The van der Waals surface area contributed by atoms with Crippen molar-refractivity contribution in [2.24, 2.45) is 5.92 Å². The summed E-state index contributed by atoms with van der Waals surface area (Å²) in [6.07, 6.45) is 0.744. The van der Waals surface area contributed by atoms with E-state index in [-0.39, 0.29) is 5.75 Å². The van der Waals surface area contributed by atoms with E-state index in [0.717, 1.165) is 6.42 Å². The lowest BCUT2D eigenvalue weighted by molar-refractivity contribution is 0.405. The van der Waals surface area contributed by atoms with Crippen LogP contribution in [-0.4, -0.2) is 22.4 Å². The highest BCUT2D eigenvalue weighted by molar-refractivity contribution is 5.64. The molecule has 0 aliphatic heterocycles. The molecule has 1 aromatic carbocycles. The van der Waals surface area contributed by atoms with Gasteiger partial charge in [0.1, 0.15) is 11.5 Å². The molecule has 1 aromatic heterocycles. The molecular weight excluding hydrogens is 232 g/mol. The molecule has 1 heterocycles. The normalized spacial score (nSPS) is 10.9. The molecule has 18 heavy (non-hydrogen) atoms. The van der Waals surface area contributed by atoms with Crippen LogP contribution in [0.1, 0.15) is 19.7 Å². The van der Waals surface area contributed by atoms with Gasteiger partial charge in [0.05, 0.1) is 12.7 Å². The molecule has 0 amide bonds. The number of benzene rings is 1. The number of hydrogen-bond donors (Lipinski definition) is 1. The van der Waals surface area contributed by atoms with Gasteiger partial charge in [-0.2, -0.15) is 4.98 Å². The zero-order valence-corrected chi connectivity index (χ0v) is 10.7. The maximum Gasteiger partial charge on any atom is 0.261 e. The van der Waals surface area contributed by atoms with E-state index in [1.807, 2.05) is 0 Å². The number of phenols is 1. The van der Waals surface area contributed by atoms with Crippen LogP contribution >= 0.6 is 0 Å². The van der Waals surface area contributed by atoms with Crippen molar-refractivity contribution in [1.82, 2.24) is 10.1 Å². The number of aromatic hydroxyl groups is 1. The van der Waals surface area contributed by atoms with E-state index in [2.05, 4.69) is 24.0 Å². The second kappa shape index (κ2) is 5.08. The predicted octanol–water partition coefficient (Wildman–Crippen LogP) is 2.65. The van der Waals surface area contributed by atoms with Crippen molar-refractivity contribution in [3.8, 4) is 23.0 Å². The van der Waals surface area contributed by atoms with Crippen molar-refractivity contribution in [1.29, 1.82) is 0 Å². The molecule has 2 aromatic rings. The van der Waals surface area contributed by atoms with E-state index in [1.54, 1.807) is 25.3 Å². The van der Waals surface area contributed by atoms with Gasteiger partial charge in [-0.05, 0) is 24.1 Å². The van der Waals surface area contributed by atoms with Gasteiger partial charge in [0, 0.05) is 6.42 Å². The van der Waals surface area contributed by atoms with Crippen LogP contribution in [0.4, 0.5) is 0 Å². The first-order valence-electron chi connectivity index (χ1n) is 5.80. The van der Waals surface area contributed by atoms with E-state index >= 15 is 0 Å². The third kappa shape index (κ3) is 2.61. The Bertz CT molecular complexity index is 535. The first-order valence-corrected chi connectivity index (χ1v) is 5.80. The van der Waals surface area contributed by atoms with Crippen LogP contribution in [0.25, 0.3) is 11.5 Å². The van der Waals surface area contributed by atoms with Crippen molar-refractivity contribution in [3.05, 3.63) is 24.0 Å². The summed E-state index contributed by atoms with van der Waals surface area (Å²) in [7, 11) is 1.56. The minimum atomic E-state index is 0.0931. The molecule has 0 saturated carbocycles. The molecule has 0 aliphatic carbocycles. The number of aromatic nitrogens is 2. The van der Waals surface area contributed by atoms with Crippen molar-refractivity contribution in [2.45, 2.75) is 20.3 Å². The van der Waals surface area contributed by atoms with Gasteiger partial charge < -0.3 is 14.4 Å². The van der Waals surface area contributed by atoms with Gasteiger partial charge in [0.15, 0.2) is 5.82 Å². The van der Waals surface area contributed by atoms with Crippen LogP contribution in [0, 0.1) is 5.92 Å². The Morgan fingerprint density at radius 3 is 2.83 bits per heavy atom. The molecule has 96 valence electrons. The van der Waals surface area contributed by atoms with Gasteiger partial charge >= 0.3 is 0 Å². The summed E-state index contributed by atoms with van der Waals surface area (Å²) in [4.78, 5) is 4.26. The first-order chi connectivity index (χ1) is 8.60. The highest BCUT2D eigenvalue weighted by Crippen LogP contribution is 2.31. The molecule has 0 aliphatic rings. The Morgan fingerprint density at radius 2 is 2.17 bits per heavy atom. The zero-order chi connectivity index (χ0) is 13.1. The largest absolute Gasteiger partial charge is 0.507 e. The smallest absolute Gasteiger partial charge is 0.261 e. The van der Waals surface area contributed by atoms with Crippen molar-refractivity contribution < 1.29 is 14.4 Å². The molecule has 0 saturated heterocycles. The fraction of sp³-hybridized carbons (Fsp3) is 0.385. The minimum Gasteiger partial charge on any atom is -0.507 e. The van der Waals surface area contributed by atoms with E-state index in [9.17, 15) is 5.11 Å². The van der Waals surface area contributed by atoms with E-state index in [1.165, 1.54) is 0 Å². The number of hydrogen-bond acceptors (Lipinski definition) is 5. The van der Waals surface area contributed by atoms with Gasteiger partial charge in [0.25, 0.3) is 5.89 Å². The Hall–Kier alpha value is -2.04. The monoisotopic (exact) mass is 248 g/mol. The average molecular weight is 248 g/mol. The van der Waals surface area contributed by atoms with Gasteiger partial charge in [0.2, 0.25) is 0 Å². The van der Waals surface area contributed by atoms with Crippen LogP contribution in [0.5, 0.6) is 11.5 Å².